The maximum absolute atomic E-state index is 14.4. The van der Waals surface area contributed by atoms with E-state index in [1.807, 2.05) is 31.5 Å². The lowest BCUT2D eigenvalue weighted by atomic mass is 10.1. The number of benzene rings is 2. The van der Waals surface area contributed by atoms with Gasteiger partial charge in [0, 0.05) is 30.5 Å². The van der Waals surface area contributed by atoms with Gasteiger partial charge in [-0.2, -0.15) is 5.10 Å². The van der Waals surface area contributed by atoms with Crippen LogP contribution in [0.25, 0.3) is 22.2 Å². The lowest BCUT2D eigenvalue weighted by Gasteiger charge is -2.34. The first-order valence-electron chi connectivity index (χ1n) is 16.1. The fraction of sp³-hybridized carbons (Fsp3) is 0.441. The number of rotatable bonds is 9. The molecule has 15 heteroatoms. The number of hydrogen-bond donors (Lipinski definition) is 1. The number of halogens is 1. The second-order valence-corrected chi connectivity index (χ2v) is 14.5. The van der Waals surface area contributed by atoms with E-state index in [9.17, 15) is 17.6 Å². The molecule has 0 saturated carbocycles. The molecule has 2 atom stereocenters. The maximum Gasteiger partial charge on any atom is 0.410 e. The fourth-order valence-electron chi connectivity index (χ4n) is 5.64. The van der Waals surface area contributed by atoms with E-state index >= 15 is 0 Å². The third-order valence-corrected chi connectivity index (χ3v) is 9.44. The molecule has 2 saturated heterocycles. The summed E-state index contributed by atoms with van der Waals surface area (Å²) in [4.78, 5) is 18.6. The predicted octanol–water partition coefficient (Wildman–Crippen LogP) is 5.76. The van der Waals surface area contributed by atoms with Gasteiger partial charge in [-0.05, 0) is 70.4 Å². The van der Waals surface area contributed by atoms with Crippen molar-refractivity contribution in [1.82, 2.24) is 19.7 Å². The van der Waals surface area contributed by atoms with Crippen molar-refractivity contribution in [2.24, 2.45) is 0 Å². The van der Waals surface area contributed by atoms with Crippen molar-refractivity contribution in [2.75, 3.05) is 44.7 Å². The second kappa shape index (κ2) is 14.2. The average molecular weight is 698 g/mol. The molecule has 6 rings (SSSR count). The van der Waals surface area contributed by atoms with E-state index < -0.39 is 38.5 Å². The van der Waals surface area contributed by atoms with Crippen LogP contribution >= 0.6 is 0 Å². The Hall–Kier alpha value is -4.47. The maximum atomic E-state index is 14.4. The number of fused-ring (bicyclic) bond motifs is 1. The van der Waals surface area contributed by atoms with E-state index in [4.69, 9.17) is 28.7 Å². The topological polar surface area (TPSA) is 143 Å². The number of hydrogen-bond acceptors (Lipinski definition) is 10. The standard InChI is InChI=1S/C34H40FN5O8S/c1-34(2,3)48-33(41)39-14-16-45-25(20-39)21-47-32-26-19-36-40(31-7-5-6-15-46-31)29(26)18-28(37-32)22-8-10-23(11-9-22)38-49(42,43)30-17-24(44-4)12-13-27(30)35/h8-13,17-19,25,31,38H,5-7,14-16,20-21H2,1-4H3. The summed E-state index contributed by atoms with van der Waals surface area (Å²) in [5.41, 5.74) is 1.59. The fourth-order valence-corrected chi connectivity index (χ4v) is 6.79. The average Bonchev–Trinajstić information content (AvgIpc) is 3.51. The summed E-state index contributed by atoms with van der Waals surface area (Å²) in [5.74, 6) is -0.361. The quantitative estimate of drug-likeness (QED) is 0.229. The minimum atomic E-state index is -4.25. The van der Waals surface area contributed by atoms with Gasteiger partial charge >= 0.3 is 6.09 Å². The molecule has 2 unspecified atom stereocenters. The largest absolute Gasteiger partial charge is 0.497 e. The number of sulfonamides is 1. The minimum absolute atomic E-state index is 0.123. The summed E-state index contributed by atoms with van der Waals surface area (Å²) in [7, 11) is -2.88. The number of pyridine rings is 1. The van der Waals surface area contributed by atoms with Crippen LogP contribution in [0.4, 0.5) is 14.9 Å². The van der Waals surface area contributed by atoms with Crippen molar-refractivity contribution in [3.8, 4) is 22.9 Å². The van der Waals surface area contributed by atoms with Crippen LogP contribution in [0, 0.1) is 5.82 Å². The number of carbonyl (C=O) groups is 1. The Morgan fingerprint density at radius 3 is 2.59 bits per heavy atom. The van der Waals surface area contributed by atoms with Crippen molar-refractivity contribution < 1.29 is 41.3 Å². The highest BCUT2D eigenvalue weighted by Gasteiger charge is 2.29. The molecule has 262 valence electrons. The van der Waals surface area contributed by atoms with Gasteiger partial charge in [-0.15, -0.1) is 0 Å². The second-order valence-electron chi connectivity index (χ2n) is 12.9. The summed E-state index contributed by atoms with van der Waals surface area (Å²) in [5, 5.41) is 5.32. The summed E-state index contributed by atoms with van der Waals surface area (Å²) < 4.78 is 73.6. The molecule has 1 amide bonds. The molecule has 0 spiro atoms. The highest BCUT2D eigenvalue weighted by Crippen LogP contribution is 2.34. The summed E-state index contributed by atoms with van der Waals surface area (Å²) >= 11 is 0. The number of morpholine rings is 1. The first-order chi connectivity index (χ1) is 23.4. The Bertz CT molecular complexity index is 1910. The highest BCUT2D eigenvalue weighted by atomic mass is 32.2. The van der Waals surface area contributed by atoms with Crippen LogP contribution < -0.4 is 14.2 Å². The van der Waals surface area contributed by atoms with Crippen LogP contribution in [0.1, 0.15) is 46.3 Å². The molecule has 2 aromatic carbocycles. The van der Waals surface area contributed by atoms with E-state index in [1.165, 1.54) is 13.2 Å². The number of aromatic nitrogens is 3. The number of nitrogens with zero attached hydrogens (tertiary/aromatic N) is 4. The highest BCUT2D eigenvalue weighted by molar-refractivity contribution is 7.92. The normalized spacial score (nSPS) is 18.7. The third-order valence-electron chi connectivity index (χ3n) is 8.05. The Labute approximate surface area is 284 Å². The molecule has 0 bridgehead atoms. The number of carbonyl (C=O) groups excluding carboxylic acids is 1. The Morgan fingerprint density at radius 1 is 1.08 bits per heavy atom. The number of amides is 1. The van der Waals surface area contributed by atoms with E-state index in [2.05, 4.69) is 9.82 Å². The number of anilines is 1. The van der Waals surface area contributed by atoms with Crippen molar-refractivity contribution in [3.05, 3.63) is 60.5 Å². The molecule has 49 heavy (non-hydrogen) atoms. The van der Waals surface area contributed by atoms with E-state index in [0.29, 0.717) is 48.8 Å². The molecule has 4 aromatic rings. The van der Waals surface area contributed by atoms with Gasteiger partial charge in [0.25, 0.3) is 10.0 Å². The Morgan fingerprint density at radius 2 is 1.88 bits per heavy atom. The molecule has 2 aromatic heterocycles. The van der Waals surface area contributed by atoms with Crippen LogP contribution in [-0.4, -0.2) is 85.9 Å². The zero-order valence-electron chi connectivity index (χ0n) is 27.8. The zero-order chi connectivity index (χ0) is 34.8. The van der Waals surface area contributed by atoms with Gasteiger partial charge in [0.15, 0.2) is 6.23 Å². The lowest BCUT2D eigenvalue weighted by molar-refractivity contribution is -0.0559. The Kier molecular flexibility index (Phi) is 9.95. The molecular weight excluding hydrogens is 657 g/mol. The van der Waals surface area contributed by atoms with E-state index in [0.717, 1.165) is 36.9 Å². The number of ether oxygens (including phenoxy) is 5. The molecule has 0 aliphatic carbocycles. The van der Waals surface area contributed by atoms with Crippen LogP contribution in [0.3, 0.4) is 0 Å². The number of nitrogens with one attached hydrogen (secondary N) is 1. The van der Waals surface area contributed by atoms with Gasteiger partial charge in [0.05, 0.1) is 43.1 Å². The summed E-state index contributed by atoms with van der Waals surface area (Å²) in [6.07, 6.45) is 3.44. The molecule has 1 N–H and O–H groups in total. The monoisotopic (exact) mass is 697 g/mol. The molecule has 0 radical (unpaired) electrons. The molecule has 2 aliphatic heterocycles. The van der Waals surface area contributed by atoms with Crippen molar-refractivity contribution in [2.45, 2.75) is 62.9 Å². The first-order valence-corrected chi connectivity index (χ1v) is 17.6. The first kappa shape index (κ1) is 34.4. The van der Waals surface area contributed by atoms with Gasteiger partial charge in [-0.1, -0.05) is 12.1 Å². The van der Waals surface area contributed by atoms with Crippen LogP contribution in [0.2, 0.25) is 0 Å². The van der Waals surface area contributed by atoms with Gasteiger partial charge < -0.3 is 28.6 Å². The smallest absolute Gasteiger partial charge is 0.410 e. The Balaban J connectivity index is 1.26. The minimum Gasteiger partial charge on any atom is -0.497 e. The van der Waals surface area contributed by atoms with Crippen LogP contribution in [0.5, 0.6) is 11.6 Å². The molecule has 2 aliphatic rings. The predicted molar refractivity (Wildman–Crippen MR) is 179 cm³/mol. The van der Waals surface area contributed by atoms with Crippen molar-refractivity contribution in [1.29, 1.82) is 0 Å². The summed E-state index contributed by atoms with van der Waals surface area (Å²) in [6.45, 7) is 7.28. The van der Waals surface area contributed by atoms with Crippen LogP contribution in [-0.2, 0) is 24.2 Å². The van der Waals surface area contributed by atoms with Crippen molar-refractivity contribution >= 4 is 32.7 Å². The van der Waals surface area contributed by atoms with Crippen molar-refractivity contribution in [3.63, 3.8) is 0 Å². The van der Waals surface area contributed by atoms with Gasteiger partial charge in [0.2, 0.25) is 5.88 Å². The van der Waals surface area contributed by atoms with E-state index in [1.54, 1.807) is 35.4 Å². The molecule has 2 fully saturated rings. The van der Waals surface area contributed by atoms with Crippen LogP contribution in [0.15, 0.2) is 59.6 Å². The summed E-state index contributed by atoms with van der Waals surface area (Å²) in [6, 6.07) is 12.0. The lowest BCUT2D eigenvalue weighted by Crippen LogP contribution is -2.49. The van der Waals surface area contributed by atoms with Gasteiger partial charge in [0.1, 0.15) is 34.8 Å². The third kappa shape index (κ3) is 8.06. The zero-order valence-corrected chi connectivity index (χ0v) is 28.7. The van der Waals surface area contributed by atoms with Gasteiger partial charge in [-0.3, -0.25) is 4.72 Å². The molecular formula is C34H40FN5O8S. The number of methoxy groups -OCH3 is 1. The molecule has 13 nitrogen and oxygen atoms in total. The molecule has 4 heterocycles. The SMILES string of the molecule is COc1ccc(F)c(S(=O)(=O)Nc2ccc(-c3cc4c(cnn4C4CCCCO4)c(OCC4CN(C(=O)OC(C)(C)C)CCO4)n3)cc2)c1. The van der Waals surface area contributed by atoms with E-state index in [-0.39, 0.29) is 24.3 Å². The van der Waals surface area contributed by atoms with Gasteiger partial charge in [-0.25, -0.2) is 27.3 Å².